The van der Waals surface area contributed by atoms with Crippen molar-refractivity contribution >= 4 is 29.1 Å². The molecule has 1 aliphatic heterocycles. The van der Waals surface area contributed by atoms with Gasteiger partial charge in [-0.05, 0) is 24.5 Å². The Morgan fingerprint density at radius 2 is 2.26 bits per heavy atom. The molecule has 19 heavy (non-hydrogen) atoms. The zero-order chi connectivity index (χ0) is 14.0. The number of para-hydroxylation sites is 1. The summed E-state index contributed by atoms with van der Waals surface area (Å²) in [5.74, 6) is 0.473. The van der Waals surface area contributed by atoms with E-state index >= 15 is 0 Å². The molecule has 1 atom stereocenters. The first kappa shape index (κ1) is 13.9. The molecule has 1 unspecified atom stereocenters. The highest BCUT2D eigenvalue weighted by Crippen LogP contribution is 2.31. The Labute approximate surface area is 117 Å². The average Bonchev–Trinajstić information content (AvgIpc) is 2.78. The van der Waals surface area contributed by atoms with Crippen molar-refractivity contribution in [3.8, 4) is 0 Å². The molecule has 0 radical (unpaired) electrons. The molecule has 2 rings (SSSR count). The second-order valence-electron chi connectivity index (χ2n) is 4.78. The maximum absolute atomic E-state index is 12.1. The first-order chi connectivity index (χ1) is 9.08. The molecule has 1 heterocycles. The van der Waals surface area contributed by atoms with Gasteiger partial charge in [0.25, 0.3) is 5.91 Å². The van der Waals surface area contributed by atoms with Gasteiger partial charge in [-0.2, -0.15) is 0 Å². The molecule has 2 amide bonds. The van der Waals surface area contributed by atoms with Crippen LogP contribution in [0.25, 0.3) is 0 Å². The predicted molar refractivity (Wildman–Crippen MR) is 75.7 cm³/mol. The summed E-state index contributed by atoms with van der Waals surface area (Å²) in [6.07, 6.45) is 0.449. The minimum atomic E-state index is -0.180. The first-order valence-corrected chi connectivity index (χ1v) is 6.80. The number of amides is 2. The SMILES string of the molecule is CNC(=O)c1cccc(C)c1N1CC(CCl)CC1=O. The third-order valence-corrected chi connectivity index (χ3v) is 3.84. The van der Waals surface area contributed by atoms with Crippen molar-refractivity contribution in [2.24, 2.45) is 5.92 Å². The quantitative estimate of drug-likeness (QED) is 0.861. The lowest BCUT2D eigenvalue weighted by Gasteiger charge is -2.22. The number of nitrogens with one attached hydrogen (secondary N) is 1. The van der Waals surface area contributed by atoms with Gasteiger partial charge in [0.05, 0.1) is 11.3 Å². The topological polar surface area (TPSA) is 49.4 Å². The predicted octanol–water partition coefficient (Wildman–Crippen LogP) is 1.95. The van der Waals surface area contributed by atoms with E-state index in [1.165, 1.54) is 0 Å². The molecule has 0 bridgehead atoms. The fraction of sp³-hybridized carbons (Fsp3) is 0.429. The van der Waals surface area contributed by atoms with Gasteiger partial charge in [-0.25, -0.2) is 0 Å². The molecule has 0 spiro atoms. The Balaban J connectivity index is 2.44. The number of alkyl halides is 1. The standard InChI is InChI=1S/C14H17ClN2O2/c1-9-4-3-5-11(14(19)16-2)13(9)17-8-10(7-15)6-12(17)18/h3-5,10H,6-8H2,1-2H3,(H,16,19). The molecular weight excluding hydrogens is 264 g/mol. The van der Waals surface area contributed by atoms with Crippen LogP contribution in [0.1, 0.15) is 22.3 Å². The summed E-state index contributed by atoms with van der Waals surface area (Å²) in [7, 11) is 1.59. The van der Waals surface area contributed by atoms with Gasteiger partial charge in [0.2, 0.25) is 5.91 Å². The van der Waals surface area contributed by atoms with Gasteiger partial charge in [0.1, 0.15) is 0 Å². The van der Waals surface area contributed by atoms with Gasteiger partial charge in [-0.1, -0.05) is 12.1 Å². The second kappa shape index (κ2) is 5.61. The molecular formula is C14H17ClN2O2. The highest BCUT2D eigenvalue weighted by molar-refractivity contribution is 6.18. The van der Waals surface area contributed by atoms with E-state index in [0.29, 0.717) is 30.1 Å². The zero-order valence-electron chi connectivity index (χ0n) is 11.1. The Morgan fingerprint density at radius 1 is 1.53 bits per heavy atom. The van der Waals surface area contributed by atoms with Crippen LogP contribution in [-0.4, -0.2) is 31.3 Å². The largest absolute Gasteiger partial charge is 0.355 e. The molecule has 1 saturated heterocycles. The highest BCUT2D eigenvalue weighted by atomic mass is 35.5. The van der Waals surface area contributed by atoms with Crippen LogP contribution >= 0.6 is 11.6 Å². The monoisotopic (exact) mass is 280 g/mol. The lowest BCUT2D eigenvalue weighted by molar-refractivity contribution is -0.117. The lowest BCUT2D eigenvalue weighted by Crippen LogP contribution is -2.29. The number of nitrogens with zero attached hydrogens (tertiary/aromatic N) is 1. The fourth-order valence-electron chi connectivity index (χ4n) is 2.44. The van der Waals surface area contributed by atoms with Crippen molar-refractivity contribution in [3.05, 3.63) is 29.3 Å². The Morgan fingerprint density at radius 3 is 2.84 bits per heavy atom. The van der Waals surface area contributed by atoms with E-state index in [9.17, 15) is 9.59 Å². The average molecular weight is 281 g/mol. The molecule has 1 fully saturated rings. The maximum Gasteiger partial charge on any atom is 0.253 e. The molecule has 5 heteroatoms. The normalized spacial score (nSPS) is 18.8. The van der Waals surface area contributed by atoms with Gasteiger partial charge in [0.15, 0.2) is 0 Å². The van der Waals surface area contributed by atoms with E-state index < -0.39 is 0 Å². The van der Waals surface area contributed by atoms with Gasteiger partial charge < -0.3 is 10.2 Å². The number of carbonyl (C=O) groups excluding carboxylic acids is 2. The molecule has 0 saturated carbocycles. The number of hydrogen-bond donors (Lipinski definition) is 1. The molecule has 1 N–H and O–H groups in total. The summed E-state index contributed by atoms with van der Waals surface area (Å²) >= 11 is 5.84. The minimum absolute atomic E-state index is 0.0325. The van der Waals surface area contributed by atoms with E-state index in [0.717, 1.165) is 5.56 Å². The van der Waals surface area contributed by atoms with E-state index in [2.05, 4.69) is 5.32 Å². The van der Waals surface area contributed by atoms with Crippen LogP contribution in [0, 0.1) is 12.8 Å². The van der Waals surface area contributed by atoms with Gasteiger partial charge in [-0.3, -0.25) is 9.59 Å². The fourth-order valence-corrected chi connectivity index (χ4v) is 2.64. The van der Waals surface area contributed by atoms with Gasteiger partial charge >= 0.3 is 0 Å². The lowest BCUT2D eigenvalue weighted by atomic mass is 10.1. The third-order valence-electron chi connectivity index (χ3n) is 3.40. The number of hydrogen-bond acceptors (Lipinski definition) is 2. The number of benzene rings is 1. The van der Waals surface area contributed by atoms with Crippen molar-refractivity contribution in [1.29, 1.82) is 0 Å². The molecule has 102 valence electrons. The molecule has 4 nitrogen and oxygen atoms in total. The van der Waals surface area contributed by atoms with E-state index in [-0.39, 0.29) is 17.7 Å². The Kier molecular flexibility index (Phi) is 4.10. The Bertz CT molecular complexity index is 516. The summed E-state index contributed by atoms with van der Waals surface area (Å²) < 4.78 is 0. The molecule has 1 aliphatic rings. The van der Waals surface area contributed by atoms with Gasteiger partial charge in [0, 0.05) is 25.9 Å². The van der Waals surface area contributed by atoms with Crippen molar-refractivity contribution in [3.63, 3.8) is 0 Å². The second-order valence-corrected chi connectivity index (χ2v) is 5.09. The van der Waals surface area contributed by atoms with Crippen LogP contribution in [0.5, 0.6) is 0 Å². The summed E-state index contributed by atoms with van der Waals surface area (Å²) in [5, 5.41) is 2.61. The maximum atomic E-state index is 12.1. The molecule has 0 aromatic heterocycles. The minimum Gasteiger partial charge on any atom is -0.355 e. The number of anilines is 1. The summed E-state index contributed by atoms with van der Waals surface area (Å²) in [4.78, 5) is 25.7. The van der Waals surface area contributed by atoms with E-state index in [1.54, 1.807) is 18.0 Å². The van der Waals surface area contributed by atoms with Crippen LogP contribution in [0.15, 0.2) is 18.2 Å². The van der Waals surface area contributed by atoms with Crippen LogP contribution < -0.4 is 10.2 Å². The molecule has 0 aliphatic carbocycles. The summed E-state index contributed by atoms with van der Waals surface area (Å²) in [6.45, 7) is 2.49. The number of aryl methyl sites for hydroxylation is 1. The Hall–Kier alpha value is -1.55. The highest BCUT2D eigenvalue weighted by Gasteiger charge is 2.32. The van der Waals surface area contributed by atoms with E-state index in [1.807, 2.05) is 19.1 Å². The van der Waals surface area contributed by atoms with Gasteiger partial charge in [-0.15, -0.1) is 11.6 Å². The summed E-state index contributed by atoms with van der Waals surface area (Å²) in [6, 6.07) is 5.47. The van der Waals surface area contributed by atoms with Crippen molar-refractivity contribution in [2.45, 2.75) is 13.3 Å². The van der Waals surface area contributed by atoms with Crippen molar-refractivity contribution in [2.75, 3.05) is 24.4 Å². The van der Waals surface area contributed by atoms with E-state index in [4.69, 9.17) is 11.6 Å². The third kappa shape index (κ3) is 2.59. The van der Waals surface area contributed by atoms with Crippen LogP contribution in [-0.2, 0) is 4.79 Å². The smallest absolute Gasteiger partial charge is 0.253 e. The van der Waals surface area contributed by atoms with Crippen LogP contribution in [0.4, 0.5) is 5.69 Å². The molecule has 1 aromatic carbocycles. The number of halogens is 1. The summed E-state index contributed by atoms with van der Waals surface area (Å²) in [5.41, 5.74) is 2.16. The van der Waals surface area contributed by atoms with Crippen molar-refractivity contribution < 1.29 is 9.59 Å². The zero-order valence-corrected chi connectivity index (χ0v) is 11.8. The first-order valence-electron chi connectivity index (χ1n) is 6.26. The number of carbonyl (C=O) groups is 2. The van der Waals surface area contributed by atoms with Crippen molar-refractivity contribution in [1.82, 2.24) is 5.32 Å². The molecule has 1 aromatic rings. The van der Waals surface area contributed by atoms with Crippen LogP contribution in [0.3, 0.4) is 0 Å². The number of rotatable bonds is 3. The van der Waals surface area contributed by atoms with Crippen LogP contribution in [0.2, 0.25) is 0 Å².